The van der Waals surface area contributed by atoms with Gasteiger partial charge in [0.15, 0.2) is 0 Å². The fourth-order valence-electron chi connectivity index (χ4n) is 9.70. The number of fused-ring (bicyclic) bond motifs is 8. The minimum Gasteiger partial charge on any atom is -0.310 e. The third-order valence-electron chi connectivity index (χ3n) is 13.0. The maximum Gasteiger partial charge on any atom is 0.0468 e. The van der Waals surface area contributed by atoms with Crippen molar-refractivity contribution in [3.05, 3.63) is 243 Å². The number of nitrogens with zero attached hydrogens (tertiary/aromatic N) is 2. The van der Waals surface area contributed by atoms with Gasteiger partial charge in [0.25, 0.3) is 0 Å². The van der Waals surface area contributed by atoms with E-state index in [9.17, 15) is 0 Å². The summed E-state index contributed by atoms with van der Waals surface area (Å²) in [6.07, 6.45) is 0. The summed E-state index contributed by atoms with van der Waals surface area (Å²) >= 11 is 3.80. The van der Waals surface area contributed by atoms with Crippen molar-refractivity contribution in [3.63, 3.8) is 0 Å². The largest absolute Gasteiger partial charge is 0.310 e. The predicted octanol–water partition coefficient (Wildman–Crippen LogP) is 19.0. The lowest BCUT2D eigenvalue weighted by atomic mass is 10.0. The van der Waals surface area contributed by atoms with Crippen LogP contribution in [0.2, 0.25) is 0 Å². The van der Waals surface area contributed by atoms with Crippen LogP contribution in [-0.4, -0.2) is 0 Å². The Kier molecular flexibility index (Phi) is 9.26. The molecular formula is C62H40N2S2. The van der Waals surface area contributed by atoms with E-state index in [1.807, 2.05) is 22.7 Å². The molecule has 0 aliphatic carbocycles. The van der Waals surface area contributed by atoms with Crippen LogP contribution in [0.15, 0.2) is 243 Å². The van der Waals surface area contributed by atoms with Crippen LogP contribution in [0.3, 0.4) is 0 Å². The lowest BCUT2D eigenvalue weighted by molar-refractivity contribution is 1.29. The van der Waals surface area contributed by atoms with Crippen molar-refractivity contribution in [2.75, 3.05) is 9.80 Å². The van der Waals surface area contributed by atoms with Crippen LogP contribution in [0, 0.1) is 0 Å². The maximum atomic E-state index is 2.45. The SMILES string of the molecule is c1ccc(-c2ccc(N(c3ccccc3)c3ccc4cc5c(cc4c3)sc3cc4sc6cc7cc(N(c8ccccc8)c8ccc(-c9ccccc9)cc8)ccc7cc6c4cc35)cc2)cc1. The quantitative estimate of drug-likeness (QED) is 0.150. The molecule has 0 amide bonds. The van der Waals surface area contributed by atoms with Crippen LogP contribution in [0.4, 0.5) is 34.1 Å². The maximum absolute atomic E-state index is 2.45. The summed E-state index contributed by atoms with van der Waals surface area (Å²) < 4.78 is 5.27. The standard InChI is InChI=1S/C62H40N2S2/c1-5-13-41(14-6-1)43-21-27-51(28-22-43)63(49-17-9-3-10-18-49)53-31-25-45-35-55-57-39-58-56-36-46-26-32-54(34-48(46)38-60(56)66-62(58)40-61(57)65-59(55)37-47(45)33-53)64(50-19-11-4-12-20-50)52-29-23-44(24-30-52)42-15-7-2-8-16-42/h1-40H. The second-order valence-corrected chi connectivity index (χ2v) is 19.1. The van der Waals surface area contributed by atoms with Gasteiger partial charge in [0, 0.05) is 74.5 Å². The van der Waals surface area contributed by atoms with Gasteiger partial charge in [-0.05, 0) is 153 Å². The molecule has 0 spiro atoms. The molecule has 0 N–H and O–H groups in total. The van der Waals surface area contributed by atoms with E-state index in [1.165, 1.54) is 84.1 Å². The Morgan fingerprint density at radius 1 is 0.212 bits per heavy atom. The Hall–Kier alpha value is -8.02. The number of rotatable bonds is 8. The lowest BCUT2D eigenvalue weighted by Crippen LogP contribution is -2.09. The second-order valence-electron chi connectivity index (χ2n) is 17.0. The zero-order valence-electron chi connectivity index (χ0n) is 35.8. The minimum atomic E-state index is 1.13. The van der Waals surface area contributed by atoms with E-state index >= 15 is 0 Å². The van der Waals surface area contributed by atoms with E-state index in [-0.39, 0.29) is 0 Å². The monoisotopic (exact) mass is 876 g/mol. The molecule has 13 rings (SSSR count). The number of thiophene rings is 2. The predicted molar refractivity (Wildman–Crippen MR) is 287 cm³/mol. The average Bonchev–Trinajstić information content (AvgIpc) is 3.91. The third kappa shape index (κ3) is 6.78. The van der Waals surface area contributed by atoms with E-state index in [0.717, 1.165) is 34.1 Å². The first kappa shape index (κ1) is 38.4. The normalized spacial score (nSPS) is 11.6. The fraction of sp³-hybridized carbons (Fsp3) is 0. The Morgan fingerprint density at radius 2 is 0.530 bits per heavy atom. The van der Waals surface area contributed by atoms with Gasteiger partial charge in [-0.25, -0.2) is 0 Å². The Labute approximate surface area is 391 Å². The molecule has 0 bridgehead atoms. The summed E-state index contributed by atoms with van der Waals surface area (Å²) in [4.78, 5) is 4.72. The van der Waals surface area contributed by atoms with Crippen LogP contribution in [0.5, 0.6) is 0 Å². The Morgan fingerprint density at radius 3 is 0.939 bits per heavy atom. The second kappa shape index (κ2) is 15.9. The first-order valence-electron chi connectivity index (χ1n) is 22.4. The summed E-state index contributed by atoms with van der Waals surface area (Å²) in [5.41, 5.74) is 11.7. The van der Waals surface area contributed by atoms with Crippen LogP contribution >= 0.6 is 22.7 Å². The summed E-state index contributed by atoms with van der Waals surface area (Å²) in [6.45, 7) is 0. The zero-order chi connectivity index (χ0) is 43.6. The van der Waals surface area contributed by atoms with Gasteiger partial charge < -0.3 is 9.80 Å². The minimum absolute atomic E-state index is 1.13. The highest BCUT2D eigenvalue weighted by Crippen LogP contribution is 2.46. The highest BCUT2D eigenvalue weighted by Gasteiger charge is 2.18. The molecule has 11 aromatic carbocycles. The summed E-state index contributed by atoms with van der Waals surface area (Å²) in [6, 6.07) is 88.7. The molecule has 0 radical (unpaired) electrons. The molecule has 4 heteroatoms. The van der Waals surface area contributed by atoms with E-state index in [0.29, 0.717) is 0 Å². The first-order chi connectivity index (χ1) is 32.7. The molecule has 0 fully saturated rings. The highest BCUT2D eigenvalue weighted by molar-refractivity contribution is 7.28. The molecule has 0 saturated heterocycles. The van der Waals surface area contributed by atoms with Crippen molar-refractivity contribution in [1.82, 2.24) is 0 Å². The number of hydrogen-bond acceptors (Lipinski definition) is 4. The average molecular weight is 877 g/mol. The highest BCUT2D eigenvalue weighted by atomic mass is 32.1. The van der Waals surface area contributed by atoms with Gasteiger partial charge in [-0.2, -0.15) is 0 Å². The van der Waals surface area contributed by atoms with E-state index in [2.05, 4.69) is 252 Å². The molecule has 66 heavy (non-hydrogen) atoms. The number of benzene rings is 11. The molecule has 2 nitrogen and oxygen atoms in total. The van der Waals surface area contributed by atoms with Crippen LogP contribution in [0.1, 0.15) is 0 Å². The number of hydrogen-bond donors (Lipinski definition) is 0. The molecule has 0 aliphatic heterocycles. The molecule has 13 aromatic rings. The van der Waals surface area contributed by atoms with Crippen LogP contribution in [-0.2, 0) is 0 Å². The van der Waals surface area contributed by atoms with Gasteiger partial charge in [-0.3, -0.25) is 0 Å². The van der Waals surface area contributed by atoms with Gasteiger partial charge in [0.2, 0.25) is 0 Å². The van der Waals surface area contributed by atoms with E-state index in [1.54, 1.807) is 0 Å². The Bertz CT molecular complexity index is 3640. The lowest BCUT2D eigenvalue weighted by Gasteiger charge is -2.26. The van der Waals surface area contributed by atoms with E-state index in [4.69, 9.17) is 0 Å². The van der Waals surface area contributed by atoms with Gasteiger partial charge in [0.05, 0.1) is 0 Å². The molecular weight excluding hydrogens is 837 g/mol. The molecule has 0 aliphatic rings. The van der Waals surface area contributed by atoms with Crippen molar-refractivity contribution in [1.29, 1.82) is 0 Å². The number of anilines is 6. The van der Waals surface area contributed by atoms with E-state index < -0.39 is 0 Å². The topological polar surface area (TPSA) is 6.48 Å². The summed E-state index contributed by atoms with van der Waals surface area (Å²) in [7, 11) is 0. The van der Waals surface area contributed by atoms with Crippen LogP contribution < -0.4 is 9.80 Å². The first-order valence-corrected chi connectivity index (χ1v) is 24.0. The van der Waals surface area contributed by atoms with Crippen molar-refractivity contribution in [2.24, 2.45) is 0 Å². The smallest absolute Gasteiger partial charge is 0.0468 e. The van der Waals surface area contributed by atoms with Crippen molar-refractivity contribution < 1.29 is 0 Å². The third-order valence-corrected chi connectivity index (χ3v) is 15.2. The molecule has 2 heterocycles. The fourth-order valence-corrected chi connectivity index (χ4v) is 12.1. The zero-order valence-corrected chi connectivity index (χ0v) is 37.4. The summed E-state index contributed by atoms with van der Waals surface area (Å²) in [5.74, 6) is 0. The van der Waals surface area contributed by atoms with Crippen molar-refractivity contribution >= 4 is 119 Å². The molecule has 0 unspecified atom stereocenters. The summed E-state index contributed by atoms with van der Waals surface area (Å²) in [5, 5.41) is 10.2. The van der Waals surface area contributed by atoms with Crippen LogP contribution in [0.25, 0.3) is 84.1 Å². The molecule has 2 aromatic heterocycles. The Balaban J connectivity index is 0.864. The van der Waals surface area contributed by atoms with Crippen molar-refractivity contribution in [3.8, 4) is 22.3 Å². The molecule has 0 saturated carbocycles. The van der Waals surface area contributed by atoms with Gasteiger partial charge >= 0.3 is 0 Å². The van der Waals surface area contributed by atoms with Gasteiger partial charge in [-0.15, -0.1) is 22.7 Å². The van der Waals surface area contributed by atoms with Crippen molar-refractivity contribution in [2.45, 2.75) is 0 Å². The van der Waals surface area contributed by atoms with Gasteiger partial charge in [-0.1, -0.05) is 133 Å². The van der Waals surface area contributed by atoms with Gasteiger partial charge in [0.1, 0.15) is 0 Å². The number of para-hydroxylation sites is 2. The molecule has 0 atom stereocenters. The molecule has 310 valence electrons.